The lowest BCUT2D eigenvalue weighted by molar-refractivity contribution is 0.510. The zero-order chi connectivity index (χ0) is 13.9. The smallest absolute Gasteiger partial charge is 0.0367 e. The summed E-state index contributed by atoms with van der Waals surface area (Å²) in [6, 6.07) is 17.0. The molecule has 0 aliphatic carbocycles. The molecule has 0 bridgehead atoms. The van der Waals surface area contributed by atoms with Crippen LogP contribution in [-0.2, 0) is 0 Å². The van der Waals surface area contributed by atoms with Crippen molar-refractivity contribution in [2.24, 2.45) is 0 Å². The van der Waals surface area contributed by atoms with Crippen LogP contribution in [0.15, 0.2) is 53.0 Å². The third-order valence-electron chi connectivity index (χ3n) is 4.02. The van der Waals surface area contributed by atoms with Gasteiger partial charge >= 0.3 is 0 Å². The average Bonchev–Trinajstić information content (AvgIpc) is 2.49. The van der Waals surface area contributed by atoms with Crippen LogP contribution in [0.5, 0.6) is 0 Å². The number of hydrogen-bond acceptors (Lipinski definition) is 2. The van der Waals surface area contributed by atoms with Crippen LogP contribution in [0.4, 0.5) is 11.4 Å². The molecule has 2 N–H and O–H groups in total. The van der Waals surface area contributed by atoms with Crippen LogP contribution in [0.3, 0.4) is 0 Å². The predicted molar refractivity (Wildman–Crippen MR) is 89.2 cm³/mol. The molecule has 1 fully saturated rings. The molecule has 0 amide bonds. The molecular formula is C17H19BrN2. The maximum absolute atomic E-state index is 5.77. The molecule has 3 heteroatoms. The summed E-state index contributed by atoms with van der Waals surface area (Å²) >= 11 is 3.49. The van der Waals surface area contributed by atoms with E-state index in [0.29, 0.717) is 5.92 Å². The zero-order valence-corrected chi connectivity index (χ0v) is 13.0. The lowest BCUT2D eigenvalue weighted by Gasteiger charge is -2.34. The largest absolute Gasteiger partial charge is 0.399 e. The molecule has 1 aliphatic rings. The van der Waals surface area contributed by atoms with Crippen LogP contribution in [-0.4, -0.2) is 13.1 Å². The number of nitrogens with zero attached hydrogens (tertiary/aromatic N) is 1. The Morgan fingerprint density at radius 2 is 1.70 bits per heavy atom. The summed E-state index contributed by atoms with van der Waals surface area (Å²) in [5, 5.41) is 0. The van der Waals surface area contributed by atoms with Gasteiger partial charge in [-0.15, -0.1) is 0 Å². The highest BCUT2D eigenvalue weighted by Crippen LogP contribution is 2.30. The van der Waals surface area contributed by atoms with Gasteiger partial charge in [0.1, 0.15) is 0 Å². The fraction of sp³-hybridized carbons (Fsp3) is 0.294. The first-order valence-electron chi connectivity index (χ1n) is 7.08. The van der Waals surface area contributed by atoms with Crippen LogP contribution in [0, 0.1) is 0 Å². The number of nitrogens with two attached hydrogens (primary N) is 1. The molecule has 1 unspecified atom stereocenters. The number of piperidine rings is 1. The SMILES string of the molecule is Nc1ccc(C2CCCN(c3ccc(Br)cc3)C2)cc1. The number of benzene rings is 2. The summed E-state index contributed by atoms with van der Waals surface area (Å²) in [5.74, 6) is 0.605. The van der Waals surface area contributed by atoms with Crippen LogP contribution >= 0.6 is 15.9 Å². The van der Waals surface area contributed by atoms with E-state index in [2.05, 4.69) is 57.2 Å². The van der Waals surface area contributed by atoms with Crippen molar-refractivity contribution < 1.29 is 0 Å². The molecule has 2 nitrogen and oxygen atoms in total. The first-order valence-corrected chi connectivity index (χ1v) is 7.87. The lowest BCUT2D eigenvalue weighted by Crippen LogP contribution is -2.34. The van der Waals surface area contributed by atoms with E-state index in [9.17, 15) is 0 Å². The van der Waals surface area contributed by atoms with E-state index >= 15 is 0 Å². The molecule has 1 heterocycles. The predicted octanol–water partition coefficient (Wildman–Crippen LogP) is 4.42. The van der Waals surface area contributed by atoms with E-state index in [-0.39, 0.29) is 0 Å². The van der Waals surface area contributed by atoms with Crippen molar-refractivity contribution in [1.82, 2.24) is 0 Å². The third-order valence-corrected chi connectivity index (χ3v) is 4.55. The number of hydrogen-bond donors (Lipinski definition) is 1. The summed E-state index contributed by atoms with van der Waals surface area (Å²) < 4.78 is 1.13. The summed E-state index contributed by atoms with van der Waals surface area (Å²) in [7, 11) is 0. The highest BCUT2D eigenvalue weighted by molar-refractivity contribution is 9.10. The van der Waals surface area contributed by atoms with Crippen molar-refractivity contribution in [3.8, 4) is 0 Å². The van der Waals surface area contributed by atoms with Gasteiger partial charge in [-0.25, -0.2) is 0 Å². The first-order chi connectivity index (χ1) is 9.72. The molecule has 2 aromatic rings. The number of halogens is 1. The highest BCUT2D eigenvalue weighted by atomic mass is 79.9. The Kier molecular flexibility index (Phi) is 3.97. The molecular weight excluding hydrogens is 312 g/mol. The number of rotatable bonds is 2. The monoisotopic (exact) mass is 330 g/mol. The third kappa shape index (κ3) is 2.98. The van der Waals surface area contributed by atoms with Gasteiger partial charge in [-0.3, -0.25) is 0 Å². The van der Waals surface area contributed by atoms with Crippen molar-refractivity contribution in [1.29, 1.82) is 0 Å². The van der Waals surface area contributed by atoms with Gasteiger partial charge in [0, 0.05) is 34.9 Å². The van der Waals surface area contributed by atoms with Crippen molar-refractivity contribution >= 4 is 27.3 Å². The van der Waals surface area contributed by atoms with E-state index in [1.807, 2.05) is 12.1 Å². The van der Waals surface area contributed by atoms with Crippen LogP contribution < -0.4 is 10.6 Å². The van der Waals surface area contributed by atoms with E-state index in [0.717, 1.165) is 23.2 Å². The van der Waals surface area contributed by atoms with E-state index in [1.54, 1.807) is 0 Å². The van der Waals surface area contributed by atoms with Gasteiger partial charge < -0.3 is 10.6 Å². The minimum absolute atomic E-state index is 0.605. The molecule has 0 aromatic heterocycles. The Morgan fingerprint density at radius 1 is 1.00 bits per heavy atom. The molecule has 1 saturated heterocycles. The van der Waals surface area contributed by atoms with Gasteiger partial charge in [0.15, 0.2) is 0 Å². The zero-order valence-electron chi connectivity index (χ0n) is 11.4. The Balaban J connectivity index is 1.76. The number of anilines is 2. The Labute approximate surface area is 128 Å². The quantitative estimate of drug-likeness (QED) is 0.826. The second-order valence-electron chi connectivity index (χ2n) is 5.43. The van der Waals surface area contributed by atoms with E-state index in [1.165, 1.54) is 24.1 Å². The number of nitrogen functional groups attached to an aromatic ring is 1. The van der Waals surface area contributed by atoms with Gasteiger partial charge in [-0.1, -0.05) is 28.1 Å². The maximum atomic E-state index is 5.77. The molecule has 20 heavy (non-hydrogen) atoms. The van der Waals surface area contributed by atoms with Crippen LogP contribution in [0.25, 0.3) is 0 Å². The van der Waals surface area contributed by atoms with Crippen LogP contribution in [0.1, 0.15) is 24.3 Å². The summed E-state index contributed by atoms with van der Waals surface area (Å²) in [6.07, 6.45) is 2.50. The molecule has 0 saturated carbocycles. The van der Waals surface area contributed by atoms with Crippen molar-refractivity contribution in [2.45, 2.75) is 18.8 Å². The maximum Gasteiger partial charge on any atom is 0.0367 e. The lowest BCUT2D eigenvalue weighted by atomic mass is 9.90. The molecule has 3 rings (SSSR count). The minimum Gasteiger partial charge on any atom is -0.399 e. The standard InChI is InChI=1S/C17H19BrN2/c18-15-5-9-17(10-6-15)20-11-1-2-14(12-20)13-3-7-16(19)8-4-13/h3-10,14H,1-2,11-12,19H2. The van der Waals surface area contributed by atoms with Crippen molar-refractivity contribution in [3.05, 3.63) is 58.6 Å². The van der Waals surface area contributed by atoms with Gasteiger partial charge in [0.2, 0.25) is 0 Å². The van der Waals surface area contributed by atoms with Gasteiger partial charge in [0.25, 0.3) is 0 Å². The van der Waals surface area contributed by atoms with E-state index < -0.39 is 0 Å². The molecule has 0 radical (unpaired) electrons. The Bertz CT molecular complexity index is 511. The summed E-state index contributed by atoms with van der Waals surface area (Å²) in [4.78, 5) is 2.48. The van der Waals surface area contributed by atoms with Crippen LogP contribution in [0.2, 0.25) is 0 Å². The van der Waals surface area contributed by atoms with E-state index in [4.69, 9.17) is 5.73 Å². The molecule has 2 aromatic carbocycles. The van der Waals surface area contributed by atoms with Crippen molar-refractivity contribution in [3.63, 3.8) is 0 Å². The van der Waals surface area contributed by atoms with Gasteiger partial charge in [-0.05, 0) is 54.8 Å². The Hall–Kier alpha value is -1.48. The highest BCUT2D eigenvalue weighted by Gasteiger charge is 2.21. The topological polar surface area (TPSA) is 29.3 Å². The fourth-order valence-electron chi connectivity index (χ4n) is 2.90. The molecule has 1 atom stereocenters. The molecule has 0 spiro atoms. The first kappa shape index (κ1) is 13.5. The second-order valence-corrected chi connectivity index (χ2v) is 6.34. The summed E-state index contributed by atoms with van der Waals surface area (Å²) in [6.45, 7) is 2.23. The van der Waals surface area contributed by atoms with Gasteiger partial charge in [-0.2, -0.15) is 0 Å². The molecule has 104 valence electrons. The second kappa shape index (κ2) is 5.88. The minimum atomic E-state index is 0.605. The Morgan fingerprint density at radius 3 is 2.40 bits per heavy atom. The summed E-state index contributed by atoms with van der Waals surface area (Å²) in [5.41, 5.74) is 9.33. The van der Waals surface area contributed by atoms with Crippen molar-refractivity contribution in [2.75, 3.05) is 23.7 Å². The average molecular weight is 331 g/mol. The fourth-order valence-corrected chi connectivity index (χ4v) is 3.17. The molecule has 1 aliphatic heterocycles. The van der Waals surface area contributed by atoms with Gasteiger partial charge in [0.05, 0.1) is 0 Å². The normalized spacial score (nSPS) is 19.1.